The summed E-state index contributed by atoms with van der Waals surface area (Å²) in [5.74, 6) is -0.625. The molecule has 4 rings (SSSR count). The number of carbonyl (C=O) groups excluding carboxylic acids is 2. The standard InChI is InChI=1S/C20H16BrNO2/c21-15-7-9-16(10-8-15)22-19(23)17-11-6-14(12-18(17)20(22)24)13-4-2-1-3-5-13/h1-10,17-18H,11-12H2. The van der Waals surface area contributed by atoms with Crippen molar-refractivity contribution in [2.24, 2.45) is 11.8 Å². The first-order valence-corrected chi connectivity index (χ1v) is 8.82. The van der Waals surface area contributed by atoms with Gasteiger partial charge in [-0.05, 0) is 48.2 Å². The van der Waals surface area contributed by atoms with Crippen molar-refractivity contribution in [2.75, 3.05) is 4.90 Å². The lowest BCUT2D eigenvalue weighted by Gasteiger charge is -2.21. The number of anilines is 1. The third-order valence-corrected chi connectivity index (χ3v) is 5.38. The Bertz CT molecular complexity index is 826. The number of rotatable bonds is 2. The van der Waals surface area contributed by atoms with Gasteiger partial charge in [0.25, 0.3) is 0 Å². The Balaban J connectivity index is 1.63. The van der Waals surface area contributed by atoms with Gasteiger partial charge in [-0.2, -0.15) is 0 Å². The first-order chi connectivity index (χ1) is 11.6. The zero-order valence-electron chi connectivity index (χ0n) is 13.0. The molecule has 2 amide bonds. The number of hydrogen-bond acceptors (Lipinski definition) is 2. The van der Waals surface area contributed by atoms with E-state index in [0.29, 0.717) is 18.5 Å². The predicted octanol–water partition coefficient (Wildman–Crippen LogP) is 4.43. The molecule has 1 saturated heterocycles. The van der Waals surface area contributed by atoms with Crippen LogP contribution in [-0.4, -0.2) is 11.8 Å². The summed E-state index contributed by atoms with van der Waals surface area (Å²) in [5.41, 5.74) is 2.96. The molecular formula is C20H16BrNO2. The molecule has 1 aliphatic carbocycles. The third-order valence-electron chi connectivity index (χ3n) is 4.85. The lowest BCUT2D eigenvalue weighted by Crippen LogP contribution is -2.30. The van der Waals surface area contributed by atoms with Gasteiger partial charge in [0.1, 0.15) is 0 Å². The van der Waals surface area contributed by atoms with E-state index in [1.165, 1.54) is 4.90 Å². The lowest BCUT2D eigenvalue weighted by atomic mass is 9.79. The molecule has 2 aromatic rings. The highest BCUT2D eigenvalue weighted by Crippen LogP contribution is 2.42. The van der Waals surface area contributed by atoms with E-state index in [1.807, 2.05) is 42.5 Å². The fraction of sp³-hybridized carbons (Fsp3) is 0.200. The van der Waals surface area contributed by atoms with Crippen LogP contribution in [0.4, 0.5) is 5.69 Å². The molecule has 0 saturated carbocycles. The topological polar surface area (TPSA) is 37.4 Å². The molecule has 120 valence electrons. The minimum absolute atomic E-state index is 0.0734. The lowest BCUT2D eigenvalue weighted by molar-refractivity contribution is -0.122. The summed E-state index contributed by atoms with van der Waals surface area (Å²) >= 11 is 3.38. The molecule has 0 spiro atoms. The van der Waals surface area contributed by atoms with Crippen LogP contribution in [0.25, 0.3) is 5.57 Å². The van der Waals surface area contributed by atoms with Crippen molar-refractivity contribution in [1.82, 2.24) is 0 Å². The number of fused-ring (bicyclic) bond motifs is 1. The van der Waals surface area contributed by atoms with Crippen molar-refractivity contribution in [1.29, 1.82) is 0 Å². The van der Waals surface area contributed by atoms with E-state index in [9.17, 15) is 9.59 Å². The summed E-state index contributed by atoms with van der Waals surface area (Å²) in [4.78, 5) is 27.0. The van der Waals surface area contributed by atoms with Gasteiger partial charge in [0.15, 0.2) is 0 Å². The highest BCUT2D eigenvalue weighted by Gasteiger charge is 2.49. The van der Waals surface area contributed by atoms with Crippen LogP contribution in [0.15, 0.2) is 65.1 Å². The van der Waals surface area contributed by atoms with Gasteiger partial charge in [0, 0.05) is 4.47 Å². The fourth-order valence-electron chi connectivity index (χ4n) is 3.60. The van der Waals surface area contributed by atoms with Gasteiger partial charge in [-0.25, -0.2) is 0 Å². The third kappa shape index (κ3) is 2.51. The summed E-state index contributed by atoms with van der Waals surface area (Å²) in [6, 6.07) is 17.4. The van der Waals surface area contributed by atoms with Crippen molar-refractivity contribution >= 4 is 39.0 Å². The largest absolute Gasteiger partial charge is 0.274 e. The van der Waals surface area contributed by atoms with Gasteiger partial charge in [0.05, 0.1) is 17.5 Å². The highest BCUT2D eigenvalue weighted by atomic mass is 79.9. The number of hydrogen-bond donors (Lipinski definition) is 0. The summed E-state index contributed by atoms with van der Waals surface area (Å²) in [7, 11) is 0. The number of carbonyl (C=O) groups is 2. The van der Waals surface area contributed by atoms with E-state index in [0.717, 1.165) is 15.6 Å². The molecule has 1 aliphatic heterocycles. The Hall–Kier alpha value is -2.20. The minimum Gasteiger partial charge on any atom is -0.274 e. The molecule has 3 nitrogen and oxygen atoms in total. The maximum absolute atomic E-state index is 12.9. The first kappa shape index (κ1) is 15.3. The van der Waals surface area contributed by atoms with Gasteiger partial charge < -0.3 is 0 Å². The Morgan fingerprint density at radius 1 is 0.875 bits per heavy atom. The summed E-state index contributed by atoms with van der Waals surface area (Å²) in [6.07, 6.45) is 3.38. The van der Waals surface area contributed by atoms with Crippen molar-refractivity contribution in [3.63, 3.8) is 0 Å². The molecule has 2 aromatic carbocycles. The number of amides is 2. The van der Waals surface area contributed by atoms with Crippen LogP contribution in [0, 0.1) is 11.8 Å². The normalized spacial score (nSPS) is 23.2. The maximum Gasteiger partial charge on any atom is 0.238 e. The van der Waals surface area contributed by atoms with E-state index >= 15 is 0 Å². The monoisotopic (exact) mass is 381 g/mol. The SMILES string of the molecule is O=C1C2CC=C(c3ccccc3)CC2C(=O)N1c1ccc(Br)cc1. The molecule has 0 radical (unpaired) electrons. The van der Waals surface area contributed by atoms with Gasteiger partial charge in [-0.3, -0.25) is 14.5 Å². The number of nitrogens with zero attached hydrogens (tertiary/aromatic N) is 1. The number of benzene rings is 2. The van der Waals surface area contributed by atoms with E-state index < -0.39 is 0 Å². The second-order valence-electron chi connectivity index (χ2n) is 6.24. The van der Waals surface area contributed by atoms with Gasteiger partial charge >= 0.3 is 0 Å². The zero-order valence-corrected chi connectivity index (χ0v) is 14.6. The van der Waals surface area contributed by atoms with Crippen molar-refractivity contribution in [3.8, 4) is 0 Å². The Morgan fingerprint density at radius 2 is 1.54 bits per heavy atom. The number of imide groups is 1. The maximum atomic E-state index is 12.9. The van der Waals surface area contributed by atoms with Gasteiger partial charge in [-0.15, -0.1) is 0 Å². The van der Waals surface area contributed by atoms with Crippen LogP contribution in [0.3, 0.4) is 0 Å². The Morgan fingerprint density at radius 3 is 2.25 bits per heavy atom. The molecule has 0 aromatic heterocycles. The average molecular weight is 382 g/mol. The molecule has 2 unspecified atom stereocenters. The number of allylic oxidation sites excluding steroid dienone is 2. The highest BCUT2D eigenvalue weighted by molar-refractivity contribution is 9.10. The van der Waals surface area contributed by atoms with Crippen molar-refractivity contribution in [3.05, 3.63) is 70.7 Å². The molecule has 1 heterocycles. The van der Waals surface area contributed by atoms with Crippen LogP contribution in [0.5, 0.6) is 0 Å². The smallest absolute Gasteiger partial charge is 0.238 e. The van der Waals surface area contributed by atoms with Crippen LogP contribution >= 0.6 is 15.9 Å². The van der Waals surface area contributed by atoms with Gasteiger partial charge in [-0.1, -0.05) is 52.3 Å². The second-order valence-corrected chi connectivity index (χ2v) is 7.15. The molecule has 2 atom stereocenters. The van der Waals surface area contributed by atoms with Gasteiger partial charge in [0.2, 0.25) is 11.8 Å². The quantitative estimate of drug-likeness (QED) is 0.721. The van der Waals surface area contributed by atoms with Crippen molar-refractivity contribution in [2.45, 2.75) is 12.8 Å². The molecular weight excluding hydrogens is 366 g/mol. The van der Waals surface area contributed by atoms with E-state index in [4.69, 9.17) is 0 Å². The van der Waals surface area contributed by atoms with Crippen LogP contribution in [0.2, 0.25) is 0 Å². The first-order valence-electron chi connectivity index (χ1n) is 8.03. The number of halogens is 1. The van der Waals surface area contributed by atoms with E-state index in [1.54, 1.807) is 0 Å². The molecule has 1 fully saturated rings. The summed E-state index contributed by atoms with van der Waals surface area (Å²) in [6.45, 7) is 0. The Labute approximate surface area is 149 Å². The molecule has 0 N–H and O–H groups in total. The van der Waals surface area contributed by atoms with Crippen LogP contribution < -0.4 is 4.90 Å². The Kier molecular flexibility index (Phi) is 3.85. The fourth-order valence-corrected chi connectivity index (χ4v) is 3.87. The predicted molar refractivity (Wildman–Crippen MR) is 97.3 cm³/mol. The molecule has 24 heavy (non-hydrogen) atoms. The zero-order chi connectivity index (χ0) is 16.7. The van der Waals surface area contributed by atoms with Crippen molar-refractivity contribution < 1.29 is 9.59 Å². The second kappa shape index (κ2) is 6.02. The summed E-state index contributed by atoms with van der Waals surface area (Å²) in [5, 5.41) is 0. The molecule has 2 aliphatic rings. The molecule has 0 bridgehead atoms. The summed E-state index contributed by atoms with van der Waals surface area (Å²) < 4.78 is 0.927. The minimum atomic E-state index is -0.249. The average Bonchev–Trinajstić information content (AvgIpc) is 2.87. The van der Waals surface area contributed by atoms with Crippen LogP contribution in [0.1, 0.15) is 18.4 Å². The van der Waals surface area contributed by atoms with E-state index in [2.05, 4.69) is 34.1 Å². The van der Waals surface area contributed by atoms with Crippen LogP contribution in [-0.2, 0) is 9.59 Å². The van der Waals surface area contributed by atoms with E-state index in [-0.39, 0.29) is 23.7 Å². The molecule has 4 heteroatoms.